The molecule has 40 heteroatoms. The number of hydrogen-bond acceptors (Lipinski definition) is 28. The van der Waals surface area contributed by atoms with Crippen LogP contribution in [0.2, 0.25) is 0 Å². The van der Waals surface area contributed by atoms with Crippen LogP contribution in [-0.2, 0) is 0 Å². The van der Waals surface area contributed by atoms with Gasteiger partial charge in [0.1, 0.15) is 46.0 Å². The molecule has 448 valence electrons. The maximum Gasteiger partial charge on any atom is 0.460 e. The Morgan fingerprint density at radius 3 is 0.534 bits per heavy atom. The van der Waals surface area contributed by atoms with Crippen molar-refractivity contribution in [1.29, 1.82) is 0 Å². The highest BCUT2D eigenvalue weighted by atomic mass is 31.3. The van der Waals surface area contributed by atoms with Gasteiger partial charge in [-0.3, -0.25) is 80.9 Å². The van der Waals surface area contributed by atoms with Gasteiger partial charge in [0.2, 0.25) is 0 Å². The Morgan fingerprint density at radius 1 is 0.216 bits per heavy atom. The molecule has 88 heavy (non-hydrogen) atoms. The Kier molecular flexibility index (Phi) is 17.5. The number of nitro groups is 8. The molecule has 0 N–H and O–H groups in total. The van der Waals surface area contributed by atoms with Crippen LogP contribution in [0.4, 0.5) is 45.5 Å². The van der Waals surface area contributed by atoms with Crippen LogP contribution in [0.1, 0.15) is 0 Å². The number of non-ortho nitro benzene ring substituents is 8. The largest absolute Gasteiger partial charge is 0.460 e. The van der Waals surface area contributed by atoms with E-state index >= 15 is 0 Å². The first-order valence-corrected chi connectivity index (χ1v) is 30.1. The molecule has 0 aliphatic carbocycles. The summed E-state index contributed by atoms with van der Waals surface area (Å²) in [6, 6.07) is 31.5. The highest BCUT2D eigenvalue weighted by Crippen LogP contribution is 2.79. The topological polar surface area (TPSA) is 468 Å². The fourth-order valence-corrected chi connectivity index (χ4v) is 19.2. The quantitative estimate of drug-likeness (QED) is 0.0308. The zero-order valence-electron chi connectivity index (χ0n) is 43.4. The number of benzene rings is 8. The summed E-state index contributed by atoms with van der Waals surface area (Å²) in [5.41, 5.74) is -4.27. The lowest BCUT2D eigenvalue weighted by molar-refractivity contribution is -0.385. The van der Waals surface area contributed by atoms with Crippen LogP contribution in [0.5, 0.6) is 46.0 Å². The van der Waals surface area contributed by atoms with Crippen molar-refractivity contribution in [2.75, 3.05) is 0 Å². The molecule has 0 amide bonds. The molecule has 0 bridgehead atoms. The van der Waals surface area contributed by atoms with E-state index < -0.39 is 162 Å². The minimum Gasteiger partial charge on any atom is -0.413 e. The van der Waals surface area contributed by atoms with Crippen LogP contribution in [0, 0.1) is 80.9 Å². The SMILES string of the molecule is O=[N+]([O-])c1ccc(OP2(Oc3ccc([N+](=O)[O-])cc3)=NP(Oc3ccc([N+](=O)[O-])cc3)(Oc3ccc([N+](=O)[O-])cc3)=NP(Oc3ccc([N+](=O)[O-])cc3)(Oc3cccc([N+](=O)[O-])c3)=NP(Oc3ccc([N+](=O)[O-])cc3)(Oc3ccc([N+](=O)[O-])cc3)=N2)cc1. The van der Waals surface area contributed by atoms with Crippen molar-refractivity contribution in [2.45, 2.75) is 0 Å². The predicted molar refractivity (Wildman–Crippen MR) is 307 cm³/mol. The van der Waals surface area contributed by atoms with E-state index in [0.717, 1.165) is 194 Å². The smallest absolute Gasteiger partial charge is 0.413 e. The molecule has 9 rings (SSSR count). The van der Waals surface area contributed by atoms with E-state index in [1.165, 1.54) is 0 Å². The Bertz CT molecular complexity index is 4030. The molecule has 1 unspecified atom stereocenters. The van der Waals surface area contributed by atoms with E-state index in [1.807, 2.05) is 0 Å². The molecule has 0 radical (unpaired) electrons. The molecule has 1 heterocycles. The van der Waals surface area contributed by atoms with Gasteiger partial charge in [0, 0.05) is 91.0 Å². The average Bonchev–Trinajstić information content (AvgIpc) is 0.848. The number of nitro benzene ring substituents is 8. The van der Waals surface area contributed by atoms with Gasteiger partial charge in [0.15, 0.2) is 0 Å². The lowest BCUT2D eigenvalue weighted by atomic mass is 10.3. The van der Waals surface area contributed by atoms with E-state index in [9.17, 15) is 80.9 Å². The maximum atomic E-state index is 12.4. The van der Waals surface area contributed by atoms with E-state index in [2.05, 4.69) is 0 Å². The molecular weight excluding hydrogens is 1250 g/mol. The summed E-state index contributed by atoms with van der Waals surface area (Å²) in [7, 11) is -22.1. The lowest BCUT2D eigenvalue weighted by Gasteiger charge is -2.33. The molecule has 1 aliphatic rings. The molecule has 8 aromatic rings. The molecule has 8 aromatic carbocycles. The van der Waals surface area contributed by atoms with Gasteiger partial charge in [-0.15, -0.1) is 0 Å². The van der Waals surface area contributed by atoms with E-state index in [1.54, 1.807) is 0 Å². The van der Waals surface area contributed by atoms with Crippen molar-refractivity contribution in [3.8, 4) is 46.0 Å². The first kappa shape index (κ1) is 60.9. The summed E-state index contributed by atoms with van der Waals surface area (Å²) in [5, 5.41) is 96.7. The van der Waals surface area contributed by atoms with Crippen molar-refractivity contribution in [1.82, 2.24) is 0 Å². The molecule has 0 spiro atoms. The molecule has 0 aromatic heterocycles. The Morgan fingerprint density at radius 2 is 0.375 bits per heavy atom. The average molecular weight is 1280 g/mol. The molecule has 1 aliphatic heterocycles. The zero-order chi connectivity index (χ0) is 63.0. The predicted octanol–water partition coefficient (Wildman–Crippen LogP) is 15.7. The van der Waals surface area contributed by atoms with Gasteiger partial charge in [-0.05, 0) is 91.0 Å². The van der Waals surface area contributed by atoms with Gasteiger partial charge in [0.25, 0.3) is 45.5 Å². The second-order valence-electron chi connectivity index (χ2n) is 17.1. The van der Waals surface area contributed by atoms with Gasteiger partial charge in [-0.2, -0.15) is 0 Å². The van der Waals surface area contributed by atoms with Crippen LogP contribution < -0.4 is 36.2 Å². The fourth-order valence-electron chi connectivity index (χ4n) is 7.16. The maximum absolute atomic E-state index is 12.4. The summed E-state index contributed by atoms with van der Waals surface area (Å²) >= 11 is 0. The minimum absolute atomic E-state index is 0.447. The van der Waals surface area contributed by atoms with Crippen LogP contribution in [0.25, 0.3) is 0 Å². The zero-order valence-corrected chi connectivity index (χ0v) is 47.0. The van der Waals surface area contributed by atoms with Crippen molar-refractivity contribution in [3.63, 3.8) is 0 Å². The van der Waals surface area contributed by atoms with Crippen molar-refractivity contribution < 1.29 is 75.6 Å². The summed E-state index contributed by atoms with van der Waals surface area (Å²) in [6.45, 7) is 0. The monoisotopic (exact) mass is 1280 g/mol. The van der Waals surface area contributed by atoms with Crippen molar-refractivity contribution in [3.05, 3.63) is 275 Å². The fraction of sp³-hybridized carbons (Fsp3) is 0. The molecule has 1 atom stereocenters. The third-order valence-corrected chi connectivity index (χ3v) is 21.9. The van der Waals surface area contributed by atoms with Crippen molar-refractivity contribution in [2.24, 2.45) is 18.1 Å². The van der Waals surface area contributed by atoms with Crippen molar-refractivity contribution >= 4 is 76.1 Å². The molecule has 0 fully saturated rings. The van der Waals surface area contributed by atoms with Crippen LogP contribution >= 0.6 is 30.6 Å². The van der Waals surface area contributed by atoms with E-state index in [4.69, 9.17) is 54.3 Å². The Balaban J connectivity index is 1.54. The van der Waals surface area contributed by atoms with Gasteiger partial charge < -0.3 is 36.2 Å². The summed E-state index contributed by atoms with van der Waals surface area (Å²) in [5.74, 6) is -3.72. The van der Waals surface area contributed by atoms with Crippen LogP contribution in [-0.4, -0.2) is 39.4 Å². The van der Waals surface area contributed by atoms with Gasteiger partial charge >= 0.3 is 30.6 Å². The third-order valence-electron chi connectivity index (χ3n) is 11.1. The standard InChI is InChI=1S/C48H32N12O24P4/c61-53(62)33-4-18-41(19-5-33)77-85(78-42-20-6-34(7-21-42)54(63)64)49-86(79-43-22-8-35(9-23-43)55(65)66,80-44-24-10-36(11-25-44)56(67)68)51-88(83-47-30-16-39(17-31-47)59(73)74,84-48-3-1-2-40(32-48)60(75)76)52-87(50-85,81-45-26-12-37(13-27-45)57(69)70)82-46-28-14-38(15-29-46)58(71)72/h1-32H. The lowest BCUT2D eigenvalue weighted by Crippen LogP contribution is -2.11. The molecule has 0 saturated heterocycles. The summed E-state index contributed by atoms with van der Waals surface area (Å²) < 4.78 is 73.4. The minimum atomic E-state index is -5.55. The van der Waals surface area contributed by atoms with Gasteiger partial charge in [-0.25, -0.2) is 0 Å². The molecular formula is C48H32N12O24P4. The van der Waals surface area contributed by atoms with Gasteiger partial charge in [-0.1, -0.05) is 24.1 Å². The van der Waals surface area contributed by atoms with E-state index in [0.29, 0.717) is 0 Å². The molecule has 0 saturated carbocycles. The third kappa shape index (κ3) is 14.8. The van der Waals surface area contributed by atoms with Crippen LogP contribution in [0.15, 0.2) is 212 Å². The Labute approximate surface area is 489 Å². The number of nitrogens with zero attached hydrogens (tertiary/aromatic N) is 12. The first-order chi connectivity index (χ1) is 41.9. The second kappa shape index (κ2) is 25.2. The van der Waals surface area contributed by atoms with E-state index in [-0.39, 0.29) is 0 Å². The highest BCUT2D eigenvalue weighted by molar-refractivity contribution is 7.79. The second-order valence-corrected chi connectivity index (χ2v) is 25.3. The number of hydrogen-bond donors (Lipinski definition) is 0. The highest BCUT2D eigenvalue weighted by Gasteiger charge is 2.50. The van der Waals surface area contributed by atoms with Crippen LogP contribution in [0.3, 0.4) is 0 Å². The Hall–Kier alpha value is -11.7. The first-order valence-electron chi connectivity index (χ1n) is 24.0. The normalized spacial score (nSPS) is 15.1. The number of rotatable bonds is 24. The summed E-state index contributed by atoms with van der Waals surface area (Å²) in [6.07, 6.45) is 0. The molecule has 36 nitrogen and oxygen atoms in total. The van der Waals surface area contributed by atoms with Gasteiger partial charge in [0.05, 0.1) is 45.5 Å². The summed E-state index contributed by atoms with van der Waals surface area (Å²) in [4.78, 5) is 90.4.